The summed E-state index contributed by atoms with van der Waals surface area (Å²) >= 11 is 4.25. The van der Waals surface area contributed by atoms with Crippen molar-refractivity contribution in [3.63, 3.8) is 0 Å². The van der Waals surface area contributed by atoms with Gasteiger partial charge in [-0.05, 0) is 31.0 Å². The number of hydrogen-bond acceptors (Lipinski definition) is 2. The zero-order valence-corrected chi connectivity index (χ0v) is 8.90. The van der Waals surface area contributed by atoms with Gasteiger partial charge in [0.05, 0.1) is 0 Å². The van der Waals surface area contributed by atoms with E-state index in [1.54, 1.807) is 0 Å². The van der Waals surface area contributed by atoms with Gasteiger partial charge in [-0.15, -0.1) is 0 Å². The molecule has 0 saturated carbocycles. The summed E-state index contributed by atoms with van der Waals surface area (Å²) in [4.78, 5) is 0. The number of thiol groups is 1. The lowest BCUT2D eigenvalue weighted by molar-refractivity contribution is 0.138. The van der Waals surface area contributed by atoms with Crippen molar-refractivity contribution in [2.24, 2.45) is 0 Å². The summed E-state index contributed by atoms with van der Waals surface area (Å²) in [5.41, 5.74) is 2.55. The second-order valence-corrected chi connectivity index (χ2v) is 4.45. The molecule has 1 aromatic rings. The summed E-state index contributed by atoms with van der Waals surface area (Å²) in [5, 5.41) is 0. The van der Waals surface area contributed by atoms with Crippen molar-refractivity contribution in [1.29, 1.82) is 0 Å². The minimum Gasteiger partial charge on any atom is -0.487 e. The highest BCUT2D eigenvalue weighted by molar-refractivity contribution is 7.79. The van der Waals surface area contributed by atoms with Crippen molar-refractivity contribution in [3.8, 4) is 5.75 Å². The molecule has 0 aliphatic carbocycles. The molecule has 0 amide bonds. The maximum Gasteiger partial charge on any atom is 0.123 e. The summed E-state index contributed by atoms with van der Waals surface area (Å²) in [7, 11) is 0. The van der Waals surface area contributed by atoms with Crippen LogP contribution in [0.4, 0.5) is 0 Å². The van der Waals surface area contributed by atoms with Crippen LogP contribution in [-0.2, 0) is 12.2 Å². The van der Waals surface area contributed by atoms with Crippen LogP contribution in [0.1, 0.15) is 25.0 Å². The van der Waals surface area contributed by atoms with Gasteiger partial charge < -0.3 is 4.74 Å². The van der Waals surface area contributed by atoms with E-state index in [1.165, 1.54) is 11.1 Å². The van der Waals surface area contributed by atoms with E-state index in [9.17, 15) is 0 Å². The number of rotatable bonds is 1. The Balaban J connectivity index is 2.36. The zero-order chi connectivity index (χ0) is 9.47. The highest BCUT2D eigenvalue weighted by Gasteiger charge is 2.29. The quantitative estimate of drug-likeness (QED) is 0.676. The number of fused-ring (bicyclic) bond motifs is 1. The van der Waals surface area contributed by atoms with Crippen LogP contribution in [0.3, 0.4) is 0 Å². The van der Waals surface area contributed by atoms with E-state index in [0.29, 0.717) is 0 Å². The highest BCUT2D eigenvalue weighted by Crippen LogP contribution is 2.35. The molecule has 13 heavy (non-hydrogen) atoms. The van der Waals surface area contributed by atoms with Gasteiger partial charge in [-0.1, -0.05) is 12.1 Å². The third-order valence-electron chi connectivity index (χ3n) is 2.31. The first-order valence-electron chi connectivity index (χ1n) is 4.52. The predicted molar refractivity (Wildman–Crippen MR) is 57.5 cm³/mol. The Morgan fingerprint density at radius 1 is 1.46 bits per heavy atom. The molecule has 0 spiro atoms. The smallest absolute Gasteiger partial charge is 0.123 e. The Labute approximate surface area is 84.5 Å². The largest absolute Gasteiger partial charge is 0.487 e. The van der Waals surface area contributed by atoms with Crippen molar-refractivity contribution in [2.45, 2.75) is 31.6 Å². The molecule has 1 aromatic carbocycles. The van der Waals surface area contributed by atoms with Gasteiger partial charge in [-0.2, -0.15) is 12.6 Å². The van der Waals surface area contributed by atoms with Gasteiger partial charge in [0, 0.05) is 12.2 Å². The van der Waals surface area contributed by atoms with Crippen molar-refractivity contribution in [1.82, 2.24) is 0 Å². The van der Waals surface area contributed by atoms with E-state index < -0.39 is 0 Å². The Kier molecular flexibility index (Phi) is 2.03. The van der Waals surface area contributed by atoms with Crippen LogP contribution in [-0.4, -0.2) is 5.60 Å². The molecule has 1 nitrogen and oxygen atoms in total. The first-order chi connectivity index (χ1) is 6.11. The van der Waals surface area contributed by atoms with E-state index in [0.717, 1.165) is 17.9 Å². The van der Waals surface area contributed by atoms with Crippen LogP contribution in [0.2, 0.25) is 0 Å². The molecule has 2 rings (SSSR count). The normalized spacial score (nSPS) is 18.1. The molecule has 0 fully saturated rings. The monoisotopic (exact) mass is 194 g/mol. The Morgan fingerprint density at radius 3 is 2.92 bits per heavy atom. The van der Waals surface area contributed by atoms with Gasteiger partial charge in [0.15, 0.2) is 0 Å². The van der Waals surface area contributed by atoms with Crippen LogP contribution in [0.25, 0.3) is 0 Å². The van der Waals surface area contributed by atoms with Crippen molar-refractivity contribution in [2.75, 3.05) is 0 Å². The maximum absolute atomic E-state index is 5.77. The van der Waals surface area contributed by atoms with Gasteiger partial charge in [0.25, 0.3) is 0 Å². The van der Waals surface area contributed by atoms with Crippen LogP contribution < -0.4 is 4.74 Å². The molecule has 0 saturated heterocycles. The summed E-state index contributed by atoms with van der Waals surface area (Å²) in [6.45, 7) is 4.24. The van der Waals surface area contributed by atoms with Gasteiger partial charge in [-0.25, -0.2) is 0 Å². The minimum absolute atomic E-state index is 0.0302. The summed E-state index contributed by atoms with van der Waals surface area (Å²) < 4.78 is 5.77. The second-order valence-electron chi connectivity index (χ2n) is 4.14. The minimum atomic E-state index is -0.0302. The predicted octanol–water partition coefficient (Wildman–Crippen LogP) is 2.83. The third kappa shape index (κ3) is 1.68. The fourth-order valence-corrected chi connectivity index (χ4v) is 1.96. The fraction of sp³-hybridized carbons (Fsp3) is 0.455. The Bertz CT molecular complexity index is 331. The Morgan fingerprint density at radius 2 is 2.23 bits per heavy atom. The molecule has 70 valence electrons. The van der Waals surface area contributed by atoms with E-state index >= 15 is 0 Å². The fourth-order valence-electron chi connectivity index (χ4n) is 1.76. The number of benzene rings is 1. The molecule has 0 N–H and O–H groups in total. The standard InChI is InChI=1S/C11H14OS/c1-11(2)6-9-5-8(7-13)3-4-10(9)12-11/h3-5,13H,6-7H2,1-2H3. The molecule has 1 aliphatic heterocycles. The molecule has 0 unspecified atom stereocenters. The molecule has 0 radical (unpaired) electrons. The lowest BCUT2D eigenvalue weighted by Crippen LogP contribution is -2.24. The molecule has 1 aliphatic rings. The molecule has 0 aromatic heterocycles. The number of ether oxygens (including phenoxy) is 1. The highest BCUT2D eigenvalue weighted by atomic mass is 32.1. The summed E-state index contributed by atoms with van der Waals surface area (Å²) in [6.07, 6.45) is 1.00. The molecule has 1 heterocycles. The SMILES string of the molecule is CC1(C)Cc2cc(CS)ccc2O1. The van der Waals surface area contributed by atoms with Crippen LogP contribution in [0.5, 0.6) is 5.75 Å². The van der Waals surface area contributed by atoms with Gasteiger partial charge in [0.2, 0.25) is 0 Å². The van der Waals surface area contributed by atoms with Crippen molar-refractivity contribution >= 4 is 12.6 Å². The molecule has 0 atom stereocenters. The van der Waals surface area contributed by atoms with Gasteiger partial charge in [-0.3, -0.25) is 0 Å². The van der Waals surface area contributed by atoms with Gasteiger partial charge in [0.1, 0.15) is 11.4 Å². The van der Waals surface area contributed by atoms with Crippen molar-refractivity contribution in [3.05, 3.63) is 29.3 Å². The number of hydrogen-bond donors (Lipinski definition) is 1. The average molecular weight is 194 g/mol. The summed E-state index contributed by atoms with van der Waals surface area (Å²) in [6, 6.07) is 6.32. The Hall–Kier alpha value is -0.630. The first-order valence-corrected chi connectivity index (χ1v) is 5.16. The van der Waals surface area contributed by atoms with Crippen LogP contribution >= 0.6 is 12.6 Å². The second kappa shape index (κ2) is 2.95. The lowest BCUT2D eigenvalue weighted by Gasteiger charge is -2.16. The van der Waals surface area contributed by atoms with E-state index in [1.807, 2.05) is 0 Å². The first kappa shape index (κ1) is 8.95. The molecular weight excluding hydrogens is 180 g/mol. The van der Waals surface area contributed by atoms with Crippen LogP contribution in [0.15, 0.2) is 18.2 Å². The van der Waals surface area contributed by atoms with Gasteiger partial charge >= 0.3 is 0 Å². The lowest BCUT2D eigenvalue weighted by atomic mass is 10.0. The third-order valence-corrected chi connectivity index (χ3v) is 2.68. The van der Waals surface area contributed by atoms with E-state index in [2.05, 4.69) is 44.7 Å². The maximum atomic E-state index is 5.77. The zero-order valence-electron chi connectivity index (χ0n) is 8.00. The molecule has 2 heteroatoms. The molecule has 0 bridgehead atoms. The molecular formula is C11H14OS. The van der Waals surface area contributed by atoms with E-state index in [-0.39, 0.29) is 5.60 Å². The van der Waals surface area contributed by atoms with Crippen LogP contribution in [0, 0.1) is 0 Å². The topological polar surface area (TPSA) is 9.23 Å². The van der Waals surface area contributed by atoms with E-state index in [4.69, 9.17) is 4.74 Å². The summed E-state index contributed by atoms with van der Waals surface area (Å²) in [5.74, 6) is 1.84. The average Bonchev–Trinajstić information content (AvgIpc) is 2.36. The van der Waals surface area contributed by atoms with Crippen molar-refractivity contribution < 1.29 is 4.74 Å².